The standard InChI is InChI=1S/C25H33N5OS/c1-2-3-11-21-29-22-23(24-20(12-15-32-24)28-25(22)26)30(21)17-19-10-6-5-9-18(19)16-27-13-7-4-8-14-31/h5-6,9-10,12,15,27,31H,2-4,7-8,11,13-14,16-17H2,1H3,(H2,26,28). The van der Waals surface area contributed by atoms with Crippen LogP contribution in [0.1, 0.15) is 56.0 Å². The number of nitrogens with zero attached hydrogens (tertiary/aromatic N) is 3. The summed E-state index contributed by atoms with van der Waals surface area (Å²) in [4.78, 5) is 9.54. The number of pyridine rings is 1. The van der Waals surface area contributed by atoms with Gasteiger partial charge >= 0.3 is 0 Å². The molecule has 3 aromatic heterocycles. The van der Waals surface area contributed by atoms with Crippen molar-refractivity contribution in [3.63, 3.8) is 0 Å². The molecule has 6 nitrogen and oxygen atoms in total. The Balaban J connectivity index is 1.65. The maximum absolute atomic E-state index is 8.94. The average molecular weight is 452 g/mol. The third-order valence-corrected chi connectivity index (χ3v) is 6.83. The summed E-state index contributed by atoms with van der Waals surface area (Å²) in [6, 6.07) is 10.7. The van der Waals surface area contributed by atoms with Crippen LogP contribution in [0.25, 0.3) is 21.3 Å². The largest absolute Gasteiger partial charge is 0.396 e. The van der Waals surface area contributed by atoms with E-state index in [1.165, 1.54) is 11.1 Å². The molecule has 170 valence electrons. The molecule has 0 aliphatic carbocycles. The molecule has 4 aromatic rings. The van der Waals surface area contributed by atoms with E-state index >= 15 is 0 Å². The molecule has 32 heavy (non-hydrogen) atoms. The number of hydrogen-bond acceptors (Lipinski definition) is 6. The van der Waals surface area contributed by atoms with Gasteiger partial charge in [0.05, 0.1) is 15.7 Å². The number of aliphatic hydroxyl groups is 1. The molecular weight excluding hydrogens is 418 g/mol. The van der Waals surface area contributed by atoms with E-state index in [9.17, 15) is 0 Å². The molecular formula is C25H33N5OS. The number of hydrogen-bond donors (Lipinski definition) is 3. The molecule has 0 spiro atoms. The predicted molar refractivity (Wildman–Crippen MR) is 134 cm³/mol. The van der Waals surface area contributed by atoms with Crippen LogP contribution in [-0.2, 0) is 19.5 Å². The summed E-state index contributed by atoms with van der Waals surface area (Å²) in [6.07, 6.45) is 6.17. The number of benzene rings is 1. The molecule has 0 radical (unpaired) electrons. The first-order valence-electron chi connectivity index (χ1n) is 11.6. The van der Waals surface area contributed by atoms with E-state index in [1.807, 2.05) is 6.07 Å². The van der Waals surface area contributed by atoms with E-state index in [1.54, 1.807) is 11.3 Å². The first-order chi connectivity index (χ1) is 15.7. The average Bonchev–Trinajstić information content (AvgIpc) is 3.40. The SMILES string of the molecule is CCCCc1nc2c(N)nc3ccsc3c2n1Cc1ccccc1CNCCCCCO. The molecule has 0 bridgehead atoms. The molecule has 3 heterocycles. The lowest BCUT2D eigenvalue weighted by molar-refractivity contribution is 0.283. The number of anilines is 1. The first kappa shape index (κ1) is 22.7. The minimum atomic E-state index is 0.277. The Morgan fingerprint density at radius 2 is 1.91 bits per heavy atom. The van der Waals surface area contributed by atoms with Gasteiger partial charge in [-0.15, -0.1) is 11.3 Å². The van der Waals surface area contributed by atoms with Crippen molar-refractivity contribution in [1.82, 2.24) is 19.9 Å². The van der Waals surface area contributed by atoms with Crippen LogP contribution in [0.4, 0.5) is 5.82 Å². The van der Waals surface area contributed by atoms with Crippen LogP contribution >= 0.6 is 11.3 Å². The van der Waals surface area contributed by atoms with Crippen molar-refractivity contribution in [1.29, 1.82) is 0 Å². The van der Waals surface area contributed by atoms with Crippen LogP contribution in [0.5, 0.6) is 0 Å². The number of nitrogen functional groups attached to an aromatic ring is 1. The fourth-order valence-corrected chi connectivity index (χ4v) is 5.06. The van der Waals surface area contributed by atoms with Gasteiger partial charge in [0.2, 0.25) is 0 Å². The number of rotatable bonds is 12. The zero-order valence-corrected chi connectivity index (χ0v) is 19.6. The maximum atomic E-state index is 8.94. The Morgan fingerprint density at radius 3 is 2.72 bits per heavy atom. The molecule has 0 fully saturated rings. The van der Waals surface area contributed by atoms with E-state index in [2.05, 4.69) is 51.4 Å². The molecule has 0 aliphatic rings. The van der Waals surface area contributed by atoms with Gasteiger partial charge in [0.15, 0.2) is 5.82 Å². The van der Waals surface area contributed by atoms with Crippen molar-refractivity contribution in [2.24, 2.45) is 0 Å². The van der Waals surface area contributed by atoms with Crippen molar-refractivity contribution in [3.05, 3.63) is 52.7 Å². The van der Waals surface area contributed by atoms with E-state index in [4.69, 9.17) is 15.8 Å². The highest BCUT2D eigenvalue weighted by Crippen LogP contribution is 2.33. The number of imidazole rings is 1. The van der Waals surface area contributed by atoms with Gasteiger partial charge in [0.25, 0.3) is 0 Å². The number of aliphatic hydroxyl groups excluding tert-OH is 1. The van der Waals surface area contributed by atoms with Gasteiger partial charge in [-0.1, -0.05) is 37.6 Å². The van der Waals surface area contributed by atoms with E-state index in [-0.39, 0.29) is 6.61 Å². The van der Waals surface area contributed by atoms with Gasteiger partial charge in [-0.25, -0.2) is 9.97 Å². The second-order valence-corrected chi connectivity index (χ2v) is 9.19. The maximum Gasteiger partial charge on any atom is 0.152 e. The smallest absolute Gasteiger partial charge is 0.152 e. The second kappa shape index (κ2) is 10.9. The summed E-state index contributed by atoms with van der Waals surface area (Å²) >= 11 is 1.71. The zero-order valence-electron chi connectivity index (χ0n) is 18.8. The third-order valence-electron chi connectivity index (χ3n) is 5.92. The minimum Gasteiger partial charge on any atom is -0.396 e. The van der Waals surface area contributed by atoms with E-state index < -0.39 is 0 Å². The molecule has 0 unspecified atom stereocenters. The Morgan fingerprint density at radius 1 is 1.06 bits per heavy atom. The van der Waals surface area contributed by atoms with Crippen LogP contribution in [0.2, 0.25) is 0 Å². The fourth-order valence-electron chi connectivity index (χ4n) is 4.17. The molecule has 7 heteroatoms. The van der Waals surface area contributed by atoms with Crippen molar-refractivity contribution < 1.29 is 5.11 Å². The van der Waals surface area contributed by atoms with Crippen LogP contribution in [0.15, 0.2) is 35.7 Å². The molecule has 0 aliphatic heterocycles. The summed E-state index contributed by atoms with van der Waals surface area (Å²) < 4.78 is 3.52. The Labute approximate surface area is 193 Å². The highest BCUT2D eigenvalue weighted by molar-refractivity contribution is 7.18. The molecule has 0 atom stereocenters. The summed E-state index contributed by atoms with van der Waals surface area (Å²) in [5.41, 5.74) is 11.8. The Hall–Kier alpha value is -2.48. The van der Waals surface area contributed by atoms with Gasteiger partial charge < -0.3 is 20.7 Å². The Bertz CT molecular complexity index is 1170. The van der Waals surface area contributed by atoms with Crippen molar-refractivity contribution >= 4 is 38.4 Å². The van der Waals surface area contributed by atoms with E-state index in [0.29, 0.717) is 5.82 Å². The van der Waals surface area contributed by atoms with E-state index in [0.717, 1.165) is 85.2 Å². The lowest BCUT2D eigenvalue weighted by Gasteiger charge is -2.14. The number of unbranched alkanes of at least 4 members (excludes halogenated alkanes) is 3. The van der Waals surface area contributed by atoms with Crippen molar-refractivity contribution in [2.75, 3.05) is 18.9 Å². The number of fused-ring (bicyclic) bond motifs is 3. The summed E-state index contributed by atoms with van der Waals surface area (Å²) in [5, 5.41) is 14.6. The highest BCUT2D eigenvalue weighted by atomic mass is 32.1. The monoisotopic (exact) mass is 451 g/mol. The topological polar surface area (TPSA) is 89.0 Å². The third kappa shape index (κ3) is 4.95. The van der Waals surface area contributed by atoms with Crippen LogP contribution < -0.4 is 11.1 Å². The number of nitrogens with two attached hydrogens (primary N) is 1. The normalized spacial score (nSPS) is 11.7. The van der Waals surface area contributed by atoms with Crippen molar-refractivity contribution in [3.8, 4) is 0 Å². The lowest BCUT2D eigenvalue weighted by Crippen LogP contribution is -2.17. The first-order valence-corrected chi connectivity index (χ1v) is 12.5. The molecule has 0 amide bonds. The van der Waals surface area contributed by atoms with Gasteiger partial charge in [-0.2, -0.15) is 0 Å². The molecule has 0 saturated carbocycles. The zero-order chi connectivity index (χ0) is 22.3. The lowest BCUT2D eigenvalue weighted by atomic mass is 10.1. The molecule has 4 rings (SSSR count). The summed E-state index contributed by atoms with van der Waals surface area (Å²) in [5.74, 6) is 1.60. The minimum absolute atomic E-state index is 0.277. The number of aromatic nitrogens is 3. The molecule has 1 aromatic carbocycles. The van der Waals surface area contributed by atoms with Crippen LogP contribution in [0.3, 0.4) is 0 Å². The van der Waals surface area contributed by atoms with Crippen molar-refractivity contribution in [2.45, 2.75) is 58.5 Å². The van der Waals surface area contributed by atoms with Crippen LogP contribution in [-0.4, -0.2) is 32.8 Å². The van der Waals surface area contributed by atoms with Gasteiger partial charge in [-0.3, -0.25) is 0 Å². The van der Waals surface area contributed by atoms with Crippen LogP contribution in [0, 0.1) is 0 Å². The highest BCUT2D eigenvalue weighted by Gasteiger charge is 2.19. The second-order valence-electron chi connectivity index (χ2n) is 8.28. The summed E-state index contributed by atoms with van der Waals surface area (Å²) in [7, 11) is 0. The molecule has 4 N–H and O–H groups in total. The predicted octanol–water partition coefficient (Wildman–Crippen LogP) is 4.87. The number of nitrogens with one attached hydrogen (secondary N) is 1. The quantitative estimate of drug-likeness (QED) is 0.267. The fraction of sp³-hybridized carbons (Fsp3) is 0.440. The summed E-state index contributed by atoms with van der Waals surface area (Å²) in [6.45, 7) is 5.06. The van der Waals surface area contributed by atoms with Gasteiger partial charge in [-0.05, 0) is 54.8 Å². The van der Waals surface area contributed by atoms with Gasteiger partial charge in [0.1, 0.15) is 11.3 Å². The number of aryl methyl sites for hydroxylation is 1. The molecule has 0 saturated heterocycles. The number of thiophene rings is 1. The van der Waals surface area contributed by atoms with Gasteiger partial charge in [0, 0.05) is 26.1 Å². The Kier molecular flexibility index (Phi) is 7.73.